The van der Waals surface area contributed by atoms with Crippen LogP contribution in [0.3, 0.4) is 0 Å². The van der Waals surface area contributed by atoms with Crippen LogP contribution in [0.4, 0.5) is 5.82 Å². The molecule has 19 heavy (non-hydrogen) atoms. The molecule has 5 heteroatoms. The number of halogens is 2. The Bertz CT molecular complexity index is 586. The first-order valence-electron chi connectivity index (χ1n) is 6.03. The monoisotopic (exact) mass is 382 g/mol. The molecule has 1 atom stereocenters. The topological polar surface area (TPSA) is 34.1 Å². The standard InChI is InChI=1S/C14H12Br2N2O/c15-9-1-3-13-11(7-9)12(5-6-19-13)18-14-4-2-10(16)8-17-14/h1-4,7-8,12H,5-6H2,(H,17,18). The van der Waals surface area contributed by atoms with Gasteiger partial charge in [-0.3, -0.25) is 0 Å². The van der Waals surface area contributed by atoms with Crippen molar-refractivity contribution in [2.45, 2.75) is 12.5 Å². The van der Waals surface area contributed by atoms with E-state index < -0.39 is 0 Å². The van der Waals surface area contributed by atoms with Gasteiger partial charge in [0.1, 0.15) is 11.6 Å². The van der Waals surface area contributed by atoms with Gasteiger partial charge in [0, 0.05) is 27.1 Å². The number of nitrogens with zero attached hydrogens (tertiary/aromatic N) is 1. The van der Waals surface area contributed by atoms with Crippen LogP contribution in [0.25, 0.3) is 0 Å². The maximum atomic E-state index is 5.68. The molecule has 3 nitrogen and oxygen atoms in total. The Morgan fingerprint density at radius 1 is 1.16 bits per heavy atom. The van der Waals surface area contributed by atoms with Gasteiger partial charge in [-0.05, 0) is 46.3 Å². The van der Waals surface area contributed by atoms with E-state index in [2.05, 4.69) is 48.2 Å². The largest absolute Gasteiger partial charge is 0.493 e. The molecule has 3 rings (SSSR count). The van der Waals surface area contributed by atoms with E-state index in [1.54, 1.807) is 6.20 Å². The second-order valence-corrected chi connectivity index (χ2v) is 6.21. The maximum absolute atomic E-state index is 5.68. The average Bonchev–Trinajstić information content (AvgIpc) is 2.42. The molecule has 1 aromatic carbocycles. The number of pyridine rings is 1. The Morgan fingerprint density at radius 2 is 2.00 bits per heavy atom. The van der Waals surface area contributed by atoms with E-state index in [9.17, 15) is 0 Å². The summed E-state index contributed by atoms with van der Waals surface area (Å²) < 4.78 is 7.72. The van der Waals surface area contributed by atoms with Gasteiger partial charge >= 0.3 is 0 Å². The van der Waals surface area contributed by atoms with Gasteiger partial charge in [-0.15, -0.1) is 0 Å². The van der Waals surface area contributed by atoms with Gasteiger partial charge in [0.25, 0.3) is 0 Å². The third kappa shape index (κ3) is 2.92. The van der Waals surface area contributed by atoms with Crippen molar-refractivity contribution >= 4 is 37.7 Å². The van der Waals surface area contributed by atoms with Crippen LogP contribution in [0.5, 0.6) is 5.75 Å². The van der Waals surface area contributed by atoms with Crippen LogP contribution in [0.15, 0.2) is 45.5 Å². The molecular weight excluding hydrogens is 372 g/mol. The van der Waals surface area contributed by atoms with Crippen molar-refractivity contribution in [3.05, 3.63) is 51.0 Å². The van der Waals surface area contributed by atoms with E-state index in [0.29, 0.717) is 0 Å². The normalized spacial score (nSPS) is 17.5. The molecule has 0 radical (unpaired) electrons. The first-order chi connectivity index (χ1) is 9.22. The zero-order valence-electron chi connectivity index (χ0n) is 10.1. The van der Waals surface area contributed by atoms with Crippen LogP contribution in [0, 0.1) is 0 Å². The molecule has 0 aliphatic carbocycles. The highest BCUT2D eigenvalue weighted by Gasteiger charge is 2.21. The lowest BCUT2D eigenvalue weighted by molar-refractivity contribution is 0.274. The van der Waals surface area contributed by atoms with Gasteiger partial charge < -0.3 is 10.1 Å². The molecule has 2 aromatic rings. The van der Waals surface area contributed by atoms with Crippen LogP contribution in [-0.2, 0) is 0 Å². The molecule has 1 unspecified atom stereocenters. The molecule has 1 aromatic heterocycles. The lowest BCUT2D eigenvalue weighted by Crippen LogP contribution is -2.20. The van der Waals surface area contributed by atoms with Gasteiger partial charge in [-0.2, -0.15) is 0 Å². The number of rotatable bonds is 2. The quantitative estimate of drug-likeness (QED) is 0.826. The lowest BCUT2D eigenvalue weighted by Gasteiger charge is -2.27. The third-order valence-corrected chi connectivity index (χ3v) is 4.02. The van der Waals surface area contributed by atoms with E-state index >= 15 is 0 Å². The summed E-state index contributed by atoms with van der Waals surface area (Å²) in [5.74, 6) is 1.82. The van der Waals surface area contributed by atoms with E-state index in [1.165, 1.54) is 5.56 Å². The fourth-order valence-electron chi connectivity index (χ4n) is 2.15. The predicted octanol–water partition coefficient (Wildman–Crippen LogP) is 4.54. The highest BCUT2D eigenvalue weighted by molar-refractivity contribution is 9.10. The SMILES string of the molecule is Brc1ccc(NC2CCOc3ccc(Br)cc32)nc1. The number of anilines is 1. The van der Waals surface area contributed by atoms with E-state index in [4.69, 9.17) is 4.74 Å². The number of nitrogens with one attached hydrogen (secondary N) is 1. The molecule has 0 saturated carbocycles. The Kier molecular flexibility index (Phi) is 3.75. The highest BCUT2D eigenvalue weighted by Crippen LogP contribution is 2.35. The molecule has 0 fully saturated rings. The number of aromatic nitrogens is 1. The maximum Gasteiger partial charge on any atom is 0.126 e. The van der Waals surface area contributed by atoms with Crippen LogP contribution in [0.1, 0.15) is 18.0 Å². The van der Waals surface area contributed by atoms with Crippen molar-refractivity contribution in [1.29, 1.82) is 0 Å². The van der Waals surface area contributed by atoms with E-state index in [0.717, 1.165) is 33.5 Å². The number of ether oxygens (including phenoxy) is 1. The van der Waals surface area contributed by atoms with E-state index in [-0.39, 0.29) is 6.04 Å². The molecule has 98 valence electrons. The molecular formula is C14H12Br2N2O. The summed E-state index contributed by atoms with van der Waals surface area (Å²) in [4.78, 5) is 4.36. The van der Waals surface area contributed by atoms with Crippen LogP contribution < -0.4 is 10.1 Å². The summed E-state index contributed by atoms with van der Waals surface area (Å²) in [6.07, 6.45) is 2.73. The fourth-order valence-corrected chi connectivity index (χ4v) is 2.77. The summed E-state index contributed by atoms with van der Waals surface area (Å²) in [6, 6.07) is 10.3. The first kappa shape index (κ1) is 12.9. The predicted molar refractivity (Wildman–Crippen MR) is 82.6 cm³/mol. The molecule has 1 N–H and O–H groups in total. The fraction of sp³-hybridized carbons (Fsp3) is 0.214. The van der Waals surface area contributed by atoms with Gasteiger partial charge in [-0.25, -0.2) is 4.98 Å². The van der Waals surface area contributed by atoms with Crippen molar-refractivity contribution < 1.29 is 4.74 Å². The Hall–Kier alpha value is -1.07. The Labute approximate surface area is 128 Å². The number of hydrogen-bond acceptors (Lipinski definition) is 3. The molecule has 0 spiro atoms. The van der Waals surface area contributed by atoms with E-state index in [1.807, 2.05) is 24.3 Å². The molecule has 0 bridgehead atoms. The van der Waals surface area contributed by atoms with Crippen molar-refractivity contribution in [2.24, 2.45) is 0 Å². The third-order valence-electron chi connectivity index (χ3n) is 3.06. The zero-order chi connectivity index (χ0) is 13.2. The Morgan fingerprint density at radius 3 is 2.79 bits per heavy atom. The van der Waals surface area contributed by atoms with Crippen molar-refractivity contribution in [3.63, 3.8) is 0 Å². The molecule has 0 saturated heterocycles. The summed E-state index contributed by atoms with van der Waals surface area (Å²) in [6.45, 7) is 0.725. The highest BCUT2D eigenvalue weighted by atomic mass is 79.9. The van der Waals surface area contributed by atoms with Crippen LogP contribution >= 0.6 is 31.9 Å². The minimum Gasteiger partial charge on any atom is -0.493 e. The summed E-state index contributed by atoms with van der Waals surface area (Å²) >= 11 is 6.90. The molecule has 2 heterocycles. The summed E-state index contributed by atoms with van der Waals surface area (Å²) in [7, 11) is 0. The van der Waals surface area contributed by atoms with Crippen molar-refractivity contribution in [2.75, 3.05) is 11.9 Å². The second-order valence-electron chi connectivity index (χ2n) is 4.38. The number of fused-ring (bicyclic) bond motifs is 1. The van der Waals surface area contributed by atoms with Gasteiger partial charge in [0.05, 0.1) is 12.6 Å². The van der Waals surface area contributed by atoms with Crippen molar-refractivity contribution in [3.8, 4) is 5.75 Å². The van der Waals surface area contributed by atoms with Crippen molar-refractivity contribution in [1.82, 2.24) is 4.98 Å². The lowest BCUT2D eigenvalue weighted by atomic mass is 10.0. The average molecular weight is 384 g/mol. The summed E-state index contributed by atoms with van der Waals surface area (Å²) in [5, 5.41) is 3.46. The van der Waals surface area contributed by atoms with Gasteiger partial charge in [0.2, 0.25) is 0 Å². The zero-order valence-corrected chi connectivity index (χ0v) is 13.2. The smallest absolute Gasteiger partial charge is 0.126 e. The minimum absolute atomic E-state index is 0.231. The number of hydrogen-bond donors (Lipinski definition) is 1. The number of benzene rings is 1. The second kappa shape index (κ2) is 5.51. The Balaban J connectivity index is 1.87. The van der Waals surface area contributed by atoms with Gasteiger partial charge in [-0.1, -0.05) is 15.9 Å². The summed E-state index contributed by atoms with van der Waals surface area (Å²) in [5.41, 5.74) is 1.17. The molecule has 1 aliphatic heterocycles. The molecule has 0 amide bonds. The minimum atomic E-state index is 0.231. The van der Waals surface area contributed by atoms with Crippen LogP contribution in [0.2, 0.25) is 0 Å². The van der Waals surface area contributed by atoms with Gasteiger partial charge in [0.15, 0.2) is 0 Å². The molecule has 1 aliphatic rings. The van der Waals surface area contributed by atoms with Crippen LogP contribution in [-0.4, -0.2) is 11.6 Å². The first-order valence-corrected chi connectivity index (χ1v) is 7.61.